The summed E-state index contributed by atoms with van der Waals surface area (Å²) in [5.41, 5.74) is 1.88. The van der Waals surface area contributed by atoms with E-state index in [-0.39, 0.29) is 5.91 Å². The molecule has 1 aliphatic rings. The van der Waals surface area contributed by atoms with E-state index in [2.05, 4.69) is 20.6 Å². The van der Waals surface area contributed by atoms with Gasteiger partial charge in [-0.1, -0.05) is 11.8 Å². The molecule has 6 heteroatoms. The lowest BCUT2D eigenvalue weighted by Crippen LogP contribution is -2.43. The molecular formula is C13H20N4OS. The molecule has 1 saturated heterocycles. The Hall–Kier alpha value is -1.14. The molecule has 1 aliphatic heterocycles. The fraction of sp³-hybridized carbons (Fsp3) is 0.615. The predicted molar refractivity (Wildman–Crippen MR) is 76.3 cm³/mol. The zero-order valence-electron chi connectivity index (χ0n) is 11.4. The lowest BCUT2D eigenvalue weighted by atomic mass is 10.1. The van der Waals surface area contributed by atoms with Crippen LogP contribution in [0.15, 0.2) is 11.2 Å². The van der Waals surface area contributed by atoms with Gasteiger partial charge < -0.3 is 10.6 Å². The van der Waals surface area contributed by atoms with E-state index in [0.29, 0.717) is 17.0 Å². The van der Waals surface area contributed by atoms with Gasteiger partial charge in [0.25, 0.3) is 0 Å². The zero-order valence-corrected chi connectivity index (χ0v) is 12.2. The van der Waals surface area contributed by atoms with Gasteiger partial charge >= 0.3 is 0 Å². The molecule has 2 heterocycles. The number of carbonyl (C=O) groups excluding carboxylic acids is 1. The van der Waals surface area contributed by atoms with E-state index in [0.717, 1.165) is 37.3 Å². The van der Waals surface area contributed by atoms with Crippen molar-refractivity contribution in [3.63, 3.8) is 0 Å². The first-order valence-electron chi connectivity index (χ1n) is 6.58. The summed E-state index contributed by atoms with van der Waals surface area (Å²) in [7, 11) is 0. The van der Waals surface area contributed by atoms with Gasteiger partial charge in [-0.3, -0.25) is 4.79 Å². The summed E-state index contributed by atoms with van der Waals surface area (Å²) < 4.78 is 0. The van der Waals surface area contributed by atoms with Gasteiger partial charge in [-0.2, -0.15) is 0 Å². The van der Waals surface area contributed by atoms with Gasteiger partial charge in [0.05, 0.1) is 5.75 Å². The van der Waals surface area contributed by atoms with Gasteiger partial charge in [0.15, 0.2) is 5.16 Å². The largest absolute Gasteiger partial charge is 0.353 e. The molecule has 5 nitrogen and oxygen atoms in total. The number of aromatic nitrogens is 2. The highest BCUT2D eigenvalue weighted by Crippen LogP contribution is 2.14. The smallest absolute Gasteiger partial charge is 0.230 e. The number of hydrogen-bond donors (Lipinski definition) is 2. The highest BCUT2D eigenvalue weighted by atomic mass is 32.2. The highest BCUT2D eigenvalue weighted by molar-refractivity contribution is 7.99. The molecule has 1 amide bonds. The monoisotopic (exact) mass is 280 g/mol. The van der Waals surface area contributed by atoms with Crippen LogP contribution in [0.2, 0.25) is 0 Å². The average Bonchev–Trinajstić information content (AvgIpc) is 2.36. The molecule has 19 heavy (non-hydrogen) atoms. The second-order valence-electron chi connectivity index (χ2n) is 4.81. The number of piperidine rings is 1. The van der Waals surface area contributed by atoms with Crippen molar-refractivity contribution in [2.75, 3.05) is 18.8 Å². The maximum atomic E-state index is 11.8. The van der Waals surface area contributed by atoms with Crippen molar-refractivity contribution >= 4 is 17.7 Å². The molecule has 0 aromatic carbocycles. The van der Waals surface area contributed by atoms with Gasteiger partial charge in [-0.05, 0) is 45.8 Å². The van der Waals surface area contributed by atoms with Gasteiger partial charge in [0, 0.05) is 17.4 Å². The lowest BCUT2D eigenvalue weighted by molar-refractivity contribution is -0.119. The van der Waals surface area contributed by atoms with Crippen molar-refractivity contribution in [3.05, 3.63) is 17.5 Å². The number of thioether (sulfide) groups is 1. The van der Waals surface area contributed by atoms with E-state index in [1.54, 1.807) is 0 Å². The topological polar surface area (TPSA) is 66.9 Å². The Labute approximate surface area is 118 Å². The number of hydrogen-bond acceptors (Lipinski definition) is 5. The molecule has 104 valence electrons. The Kier molecular flexibility index (Phi) is 5.15. The van der Waals surface area contributed by atoms with Gasteiger partial charge in [0.1, 0.15) is 0 Å². The fourth-order valence-corrected chi connectivity index (χ4v) is 2.88. The molecule has 0 spiro atoms. The average molecular weight is 280 g/mol. The van der Waals surface area contributed by atoms with Crippen LogP contribution >= 0.6 is 11.8 Å². The maximum absolute atomic E-state index is 11.8. The van der Waals surface area contributed by atoms with E-state index in [4.69, 9.17) is 0 Å². The number of rotatable bonds is 4. The molecule has 1 fully saturated rings. The van der Waals surface area contributed by atoms with E-state index < -0.39 is 0 Å². The van der Waals surface area contributed by atoms with Gasteiger partial charge in [0.2, 0.25) is 5.91 Å². The van der Waals surface area contributed by atoms with Gasteiger partial charge in [-0.25, -0.2) is 9.97 Å². The molecule has 0 saturated carbocycles. The first-order valence-corrected chi connectivity index (χ1v) is 7.57. The van der Waals surface area contributed by atoms with Crippen LogP contribution in [0.1, 0.15) is 24.2 Å². The third-order valence-corrected chi connectivity index (χ3v) is 3.85. The van der Waals surface area contributed by atoms with Crippen molar-refractivity contribution in [3.8, 4) is 0 Å². The Balaban J connectivity index is 1.79. The van der Waals surface area contributed by atoms with Crippen molar-refractivity contribution in [2.24, 2.45) is 0 Å². The minimum atomic E-state index is 0.0691. The van der Waals surface area contributed by atoms with E-state index in [9.17, 15) is 4.79 Å². The normalized spacial score (nSPS) is 16.3. The summed E-state index contributed by atoms with van der Waals surface area (Å²) in [6.07, 6.45) is 2.02. The summed E-state index contributed by atoms with van der Waals surface area (Å²) in [4.78, 5) is 20.5. The van der Waals surface area contributed by atoms with Crippen LogP contribution in [0, 0.1) is 13.8 Å². The van der Waals surface area contributed by atoms with Crippen LogP contribution in [0.4, 0.5) is 0 Å². The SMILES string of the molecule is Cc1cc(C)nc(SCC(=O)NC2CCNCC2)n1. The molecule has 2 N–H and O–H groups in total. The highest BCUT2D eigenvalue weighted by Gasteiger charge is 2.15. The van der Waals surface area contributed by atoms with Crippen LogP contribution in [0.25, 0.3) is 0 Å². The molecule has 0 radical (unpaired) electrons. The van der Waals surface area contributed by atoms with Crippen molar-refractivity contribution in [1.82, 2.24) is 20.6 Å². The second-order valence-corrected chi connectivity index (χ2v) is 5.76. The summed E-state index contributed by atoms with van der Waals surface area (Å²) >= 11 is 1.40. The second kappa shape index (κ2) is 6.86. The van der Waals surface area contributed by atoms with Crippen LogP contribution in [-0.4, -0.2) is 40.8 Å². The summed E-state index contributed by atoms with van der Waals surface area (Å²) in [6, 6.07) is 2.24. The molecule has 0 atom stereocenters. The number of aryl methyl sites for hydroxylation is 2. The predicted octanol–water partition coefficient (Wildman–Crippen LogP) is 1.05. The maximum Gasteiger partial charge on any atom is 0.230 e. The Morgan fingerprint density at radius 2 is 2.00 bits per heavy atom. The molecule has 1 aromatic rings. The van der Waals surface area contributed by atoms with Crippen LogP contribution < -0.4 is 10.6 Å². The molecule has 0 unspecified atom stereocenters. The van der Waals surface area contributed by atoms with Crippen LogP contribution in [0.5, 0.6) is 0 Å². The molecule has 0 aliphatic carbocycles. The number of nitrogens with zero attached hydrogens (tertiary/aromatic N) is 2. The fourth-order valence-electron chi connectivity index (χ4n) is 2.12. The summed E-state index contributed by atoms with van der Waals surface area (Å²) in [6.45, 7) is 5.85. The van der Waals surface area contributed by atoms with Gasteiger partial charge in [-0.15, -0.1) is 0 Å². The minimum absolute atomic E-state index is 0.0691. The minimum Gasteiger partial charge on any atom is -0.353 e. The Bertz CT molecular complexity index is 426. The summed E-state index contributed by atoms with van der Waals surface area (Å²) in [5, 5.41) is 7.02. The van der Waals surface area contributed by atoms with Crippen LogP contribution in [0.3, 0.4) is 0 Å². The number of amides is 1. The quantitative estimate of drug-likeness (QED) is 0.637. The number of carbonyl (C=O) groups is 1. The van der Waals surface area contributed by atoms with E-state index in [1.165, 1.54) is 11.8 Å². The molecular weight excluding hydrogens is 260 g/mol. The van der Waals surface area contributed by atoms with E-state index in [1.807, 2.05) is 19.9 Å². The molecule has 1 aromatic heterocycles. The lowest BCUT2D eigenvalue weighted by Gasteiger charge is -2.23. The standard InChI is InChI=1S/C13H20N4OS/c1-9-7-10(2)16-13(15-9)19-8-12(18)17-11-3-5-14-6-4-11/h7,11,14H,3-6,8H2,1-2H3,(H,17,18). The van der Waals surface area contributed by atoms with Crippen molar-refractivity contribution < 1.29 is 4.79 Å². The molecule has 0 bridgehead atoms. The Morgan fingerprint density at radius 3 is 2.63 bits per heavy atom. The molecule has 2 rings (SSSR count). The third kappa shape index (κ3) is 4.80. The van der Waals surface area contributed by atoms with Crippen molar-refractivity contribution in [1.29, 1.82) is 0 Å². The summed E-state index contributed by atoms with van der Waals surface area (Å²) in [5.74, 6) is 0.451. The van der Waals surface area contributed by atoms with E-state index >= 15 is 0 Å². The zero-order chi connectivity index (χ0) is 13.7. The first kappa shape index (κ1) is 14.3. The van der Waals surface area contributed by atoms with Crippen molar-refractivity contribution in [2.45, 2.75) is 37.9 Å². The number of nitrogens with one attached hydrogen (secondary N) is 2. The third-order valence-electron chi connectivity index (χ3n) is 3.00. The van der Waals surface area contributed by atoms with Crippen LogP contribution in [-0.2, 0) is 4.79 Å². The Morgan fingerprint density at radius 1 is 1.37 bits per heavy atom. The first-order chi connectivity index (χ1) is 9.13.